The van der Waals surface area contributed by atoms with E-state index in [2.05, 4.69) is 21.2 Å². The van der Waals surface area contributed by atoms with E-state index in [4.69, 9.17) is 13.9 Å². The molecule has 5 heteroatoms. The molecule has 0 aliphatic heterocycles. The van der Waals surface area contributed by atoms with Crippen molar-refractivity contribution < 1.29 is 13.9 Å². The lowest BCUT2D eigenvalue weighted by Gasteiger charge is -2.21. The molecule has 0 saturated carbocycles. The number of nitrogens with one attached hydrogen (secondary N) is 1. The van der Waals surface area contributed by atoms with E-state index >= 15 is 0 Å². The van der Waals surface area contributed by atoms with Crippen LogP contribution in [0.5, 0.6) is 11.5 Å². The van der Waals surface area contributed by atoms with Gasteiger partial charge in [0.25, 0.3) is 0 Å². The van der Waals surface area contributed by atoms with Crippen LogP contribution in [0.3, 0.4) is 0 Å². The summed E-state index contributed by atoms with van der Waals surface area (Å²) in [5.41, 5.74) is 1.10. The summed E-state index contributed by atoms with van der Waals surface area (Å²) in [5, 5.41) is 3.34. The summed E-state index contributed by atoms with van der Waals surface area (Å²) < 4.78 is 17.1. The second-order valence-corrected chi connectivity index (χ2v) is 5.46. The van der Waals surface area contributed by atoms with Crippen molar-refractivity contribution >= 4 is 15.9 Å². The molecule has 0 aliphatic carbocycles. The van der Waals surface area contributed by atoms with Gasteiger partial charge in [-0.05, 0) is 53.7 Å². The molecule has 2 rings (SSSR count). The lowest BCUT2D eigenvalue weighted by Crippen LogP contribution is -2.18. The van der Waals surface area contributed by atoms with Crippen LogP contribution < -0.4 is 14.8 Å². The second kappa shape index (κ2) is 7.52. The van der Waals surface area contributed by atoms with Gasteiger partial charge >= 0.3 is 0 Å². The standard InChI is InChI=1S/C16H20BrNO3/c1-18-13(8-6-11-5-4-10-21-11)12-7-9-14(19-2)15(17)16(12)20-3/h4-5,7,9-10,13,18H,6,8H2,1-3H3. The fourth-order valence-electron chi connectivity index (χ4n) is 2.39. The van der Waals surface area contributed by atoms with Crippen molar-refractivity contribution in [1.82, 2.24) is 5.32 Å². The van der Waals surface area contributed by atoms with Crippen LogP contribution in [-0.2, 0) is 6.42 Å². The van der Waals surface area contributed by atoms with Gasteiger partial charge in [-0.1, -0.05) is 0 Å². The summed E-state index contributed by atoms with van der Waals surface area (Å²) in [4.78, 5) is 0. The van der Waals surface area contributed by atoms with Gasteiger partial charge < -0.3 is 19.2 Å². The predicted molar refractivity (Wildman–Crippen MR) is 86.1 cm³/mol. The lowest BCUT2D eigenvalue weighted by molar-refractivity contribution is 0.378. The van der Waals surface area contributed by atoms with Crippen molar-refractivity contribution in [2.75, 3.05) is 21.3 Å². The molecule has 0 amide bonds. The maximum Gasteiger partial charge on any atom is 0.141 e. The number of hydrogen-bond donors (Lipinski definition) is 1. The average Bonchev–Trinajstić information content (AvgIpc) is 3.01. The molecule has 1 unspecified atom stereocenters. The number of benzene rings is 1. The minimum absolute atomic E-state index is 0.173. The van der Waals surface area contributed by atoms with Crippen molar-refractivity contribution in [3.8, 4) is 11.5 Å². The van der Waals surface area contributed by atoms with E-state index in [0.29, 0.717) is 0 Å². The number of methoxy groups -OCH3 is 2. The van der Waals surface area contributed by atoms with Gasteiger partial charge in [0.15, 0.2) is 0 Å². The Hall–Kier alpha value is -1.46. The highest BCUT2D eigenvalue weighted by molar-refractivity contribution is 9.10. The van der Waals surface area contributed by atoms with Gasteiger partial charge in [0.1, 0.15) is 21.7 Å². The molecular weight excluding hydrogens is 334 g/mol. The van der Waals surface area contributed by atoms with Crippen LogP contribution in [0.15, 0.2) is 39.4 Å². The van der Waals surface area contributed by atoms with Crippen LogP contribution in [0.4, 0.5) is 0 Å². The lowest BCUT2D eigenvalue weighted by atomic mass is 10.00. The van der Waals surface area contributed by atoms with E-state index in [9.17, 15) is 0 Å². The zero-order valence-corrected chi connectivity index (χ0v) is 14.1. The number of rotatable bonds is 7. The number of hydrogen-bond acceptors (Lipinski definition) is 4. The Morgan fingerprint density at radius 1 is 1.24 bits per heavy atom. The van der Waals surface area contributed by atoms with Crippen LogP contribution in [-0.4, -0.2) is 21.3 Å². The summed E-state index contributed by atoms with van der Waals surface area (Å²) >= 11 is 3.54. The van der Waals surface area contributed by atoms with Crippen LogP contribution in [0.25, 0.3) is 0 Å². The molecule has 114 valence electrons. The van der Waals surface area contributed by atoms with Crippen molar-refractivity contribution in [3.63, 3.8) is 0 Å². The van der Waals surface area contributed by atoms with Crippen LogP contribution in [0.2, 0.25) is 0 Å². The number of aryl methyl sites for hydroxylation is 1. The SMILES string of the molecule is CNC(CCc1ccco1)c1ccc(OC)c(Br)c1OC. The molecular formula is C16H20BrNO3. The maximum atomic E-state index is 5.55. The average molecular weight is 354 g/mol. The van der Waals surface area contributed by atoms with Crippen molar-refractivity contribution in [1.29, 1.82) is 0 Å². The van der Waals surface area contributed by atoms with E-state index in [1.165, 1.54) is 0 Å². The first-order valence-electron chi connectivity index (χ1n) is 6.81. The van der Waals surface area contributed by atoms with Crippen LogP contribution in [0, 0.1) is 0 Å². The quantitative estimate of drug-likeness (QED) is 0.818. The van der Waals surface area contributed by atoms with Gasteiger partial charge in [0.05, 0.1) is 20.5 Å². The zero-order chi connectivity index (χ0) is 15.2. The van der Waals surface area contributed by atoms with Crippen molar-refractivity contribution in [3.05, 3.63) is 46.3 Å². The normalized spacial score (nSPS) is 12.2. The maximum absolute atomic E-state index is 5.55. The summed E-state index contributed by atoms with van der Waals surface area (Å²) in [6.07, 6.45) is 3.48. The van der Waals surface area contributed by atoms with E-state index in [1.807, 2.05) is 31.3 Å². The highest BCUT2D eigenvalue weighted by Gasteiger charge is 2.19. The molecule has 0 fully saturated rings. The molecule has 1 atom stereocenters. The molecule has 0 saturated heterocycles. The molecule has 4 nitrogen and oxygen atoms in total. The molecule has 0 aliphatic rings. The third-order valence-corrected chi connectivity index (χ3v) is 4.25. The summed E-state index contributed by atoms with van der Waals surface area (Å²) in [7, 11) is 5.26. The van der Waals surface area contributed by atoms with Crippen molar-refractivity contribution in [2.45, 2.75) is 18.9 Å². The minimum atomic E-state index is 0.173. The smallest absolute Gasteiger partial charge is 0.141 e. The summed E-state index contributed by atoms with van der Waals surface area (Å²) in [5.74, 6) is 2.55. The number of furan rings is 1. The first-order valence-corrected chi connectivity index (χ1v) is 7.60. The van der Waals surface area contributed by atoms with E-state index in [-0.39, 0.29) is 6.04 Å². The monoisotopic (exact) mass is 353 g/mol. The van der Waals surface area contributed by atoms with Gasteiger partial charge in [-0.2, -0.15) is 0 Å². The number of ether oxygens (including phenoxy) is 2. The summed E-state index contributed by atoms with van der Waals surface area (Å²) in [6.45, 7) is 0. The van der Waals surface area contributed by atoms with E-state index in [0.717, 1.165) is 40.1 Å². The molecule has 2 aromatic rings. The Balaban J connectivity index is 2.22. The summed E-state index contributed by atoms with van der Waals surface area (Å²) in [6, 6.07) is 8.06. The highest BCUT2D eigenvalue weighted by Crippen LogP contribution is 2.40. The van der Waals surface area contributed by atoms with Gasteiger partial charge in [-0.25, -0.2) is 0 Å². The Morgan fingerprint density at radius 3 is 2.62 bits per heavy atom. The van der Waals surface area contributed by atoms with Gasteiger partial charge in [-0.3, -0.25) is 0 Å². The molecule has 1 N–H and O–H groups in total. The third-order valence-electron chi connectivity index (χ3n) is 3.50. The second-order valence-electron chi connectivity index (χ2n) is 4.66. The first-order chi connectivity index (χ1) is 10.2. The van der Waals surface area contributed by atoms with Crippen molar-refractivity contribution in [2.24, 2.45) is 0 Å². The number of halogens is 1. The Morgan fingerprint density at radius 2 is 2.05 bits per heavy atom. The van der Waals surface area contributed by atoms with Crippen LogP contribution >= 0.6 is 15.9 Å². The van der Waals surface area contributed by atoms with Gasteiger partial charge in [0.2, 0.25) is 0 Å². The molecule has 1 heterocycles. The minimum Gasteiger partial charge on any atom is -0.495 e. The van der Waals surface area contributed by atoms with Crippen LogP contribution in [0.1, 0.15) is 23.8 Å². The fourth-order valence-corrected chi connectivity index (χ4v) is 3.07. The fraction of sp³-hybridized carbons (Fsp3) is 0.375. The molecule has 21 heavy (non-hydrogen) atoms. The first kappa shape index (κ1) is 15.9. The Kier molecular flexibility index (Phi) is 5.70. The third kappa shape index (κ3) is 3.60. The molecule has 1 aromatic heterocycles. The van der Waals surface area contributed by atoms with E-state index in [1.54, 1.807) is 20.5 Å². The largest absolute Gasteiger partial charge is 0.495 e. The topological polar surface area (TPSA) is 43.6 Å². The Bertz CT molecular complexity index is 569. The highest BCUT2D eigenvalue weighted by atomic mass is 79.9. The zero-order valence-electron chi connectivity index (χ0n) is 12.5. The molecule has 0 bridgehead atoms. The van der Waals surface area contributed by atoms with Gasteiger partial charge in [0, 0.05) is 18.0 Å². The Labute approximate surface area is 133 Å². The molecule has 0 spiro atoms. The molecule has 1 aromatic carbocycles. The van der Waals surface area contributed by atoms with Gasteiger partial charge in [-0.15, -0.1) is 0 Å². The van der Waals surface area contributed by atoms with E-state index < -0.39 is 0 Å². The molecule has 0 radical (unpaired) electrons. The predicted octanol–water partition coefficient (Wildman–Crippen LogP) is 3.95.